The van der Waals surface area contributed by atoms with E-state index in [2.05, 4.69) is 126 Å². The number of rotatable bonds is 6. The third kappa shape index (κ3) is 4.10. The van der Waals surface area contributed by atoms with Gasteiger partial charge in [0.25, 0.3) is 0 Å². The lowest BCUT2D eigenvalue weighted by Gasteiger charge is -2.34. The summed E-state index contributed by atoms with van der Waals surface area (Å²) in [7, 11) is 0. The first-order valence-corrected chi connectivity index (χ1v) is 10.7. The molecule has 4 aromatic rings. The quantitative estimate of drug-likeness (QED) is 0.341. The van der Waals surface area contributed by atoms with Gasteiger partial charge in [-0.3, -0.25) is 0 Å². The van der Waals surface area contributed by atoms with Gasteiger partial charge in [-0.25, -0.2) is 0 Å². The first kappa shape index (κ1) is 19.2. The van der Waals surface area contributed by atoms with Crippen molar-refractivity contribution < 1.29 is 4.74 Å². The molecular weight excluding hydrogens is 378 g/mol. The molecule has 0 aromatic heterocycles. The van der Waals surface area contributed by atoms with Crippen molar-refractivity contribution in [1.29, 1.82) is 0 Å². The molecule has 0 amide bonds. The molecule has 2 heteroatoms. The molecule has 0 bridgehead atoms. The van der Waals surface area contributed by atoms with Crippen LogP contribution >= 0.6 is 0 Å². The van der Waals surface area contributed by atoms with Crippen LogP contribution in [-0.2, 0) is 11.3 Å². The monoisotopic (exact) mass is 403 g/mol. The summed E-state index contributed by atoms with van der Waals surface area (Å²) < 4.78 is 6.48. The molecule has 0 spiro atoms. The maximum absolute atomic E-state index is 6.48. The largest absolute Gasteiger partial charge is 0.491 e. The normalized spacial score (nSPS) is 17.9. The van der Waals surface area contributed by atoms with Gasteiger partial charge in [0.1, 0.15) is 18.4 Å². The smallest absolute Gasteiger partial charge is 0.122 e. The van der Waals surface area contributed by atoms with E-state index >= 15 is 0 Å². The average molecular weight is 404 g/mol. The Morgan fingerprint density at radius 2 is 1.10 bits per heavy atom. The van der Waals surface area contributed by atoms with Gasteiger partial charge in [-0.15, -0.1) is 0 Å². The first-order valence-electron chi connectivity index (χ1n) is 10.7. The lowest BCUT2D eigenvalue weighted by Crippen LogP contribution is -2.28. The summed E-state index contributed by atoms with van der Waals surface area (Å²) in [6.07, 6.45) is 2.28. The van der Waals surface area contributed by atoms with E-state index in [0.717, 1.165) is 5.76 Å². The summed E-state index contributed by atoms with van der Waals surface area (Å²) in [5, 5.41) is 0. The highest BCUT2D eigenvalue weighted by molar-refractivity contribution is 5.58. The second kappa shape index (κ2) is 8.93. The number of para-hydroxylation sites is 1. The molecule has 5 rings (SSSR count). The Balaban J connectivity index is 1.58. The number of benzene rings is 4. The molecule has 0 radical (unpaired) electrons. The van der Waals surface area contributed by atoms with E-state index < -0.39 is 0 Å². The summed E-state index contributed by atoms with van der Waals surface area (Å²) in [6.45, 7) is 0.556. The van der Waals surface area contributed by atoms with E-state index in [0.29, 0.717) is 6.61 Å². The Hall–Kier alpha value is -3.78. The van der Waals surface area contributed by atoms with Crippen LogP contribution in [0.4, 0.5) is 5.69 Å². The molecule has 0 saturated heterocycles. The topological polar surface area (TPSA) is 12.5 Å². The van der Waals surface area contributed by atoms with E-state index in [-0.39, 0.29) is 12.1 Å². The van der Waals surface area contributed by atoms with E-state index in [4.69, 9.17) is 4.74 Å². The van der Waals surface area contributed by atoms with Gasteiger partial charge >= 0.3 is 0 Å². The Morgan fingerprint density at radius 1 is 0.581 bits per heavy atom. The zero-order valence-electron chi connectivity index (χ0n) is 17.3. The van der Waals surface area contributed by atoms with Gasteiger partial charge < -0.3 is 9.64 Å². The summed E-state index contributed by atoms with van der Waals surface area (Å²) in [5.41, 5.74) is 4.83. The van der Waals surface area contributed by atoms with Crippen LogP contribution in [0, 0.1) is 0 Å². The number of hydrogen-bond donors (Lipinski definition) is 0. The number of ether oxygens (including phenoxy) is 1. The standard InChI is InChI=1S/C29H25NO/c1-5-13-23(14-6-1)22-31-28-21-27(24-15-7-2-8-16-24)30(26-19-11-4-12-20-26)29(28)25-17-9-3-10-18-25/h1-21,27,29H,22H2/t27-,29+/m1/s1. The molecule has 0 N–H and O–H groups in total. The van der Waals surface area contributed by atoms with Gasteiger partial charge in [-0.05, 0) is 34.9 Å². The summed E-state index contributed by atoms with van der Waals surface area (Å²) >= 11 is 0. The van der Waals surface area contributed by atoms with Gasteiger partial charge in [0.2, 0.25) is 0 Å². The summed E-state index contributed by atoms with van der Waals surface area (Å²) in [5.74, 6) is 0.993. The SMILES string of the molecule is C1=C(OCc2ccccc2)[C@H](c2ccccc2)N(c2ccccc2)[C@H]1c1ccccc1. The van der Waals surface area contributed by atoms with Crippen molar-refractivity contribution in [3.8, 4) is 0 Å². The van der Waals surface area contributed by atoms with Crippen molar-refractivity contribution in [1.82, 2.24) is 0 Å². The van der Waals surface area contributed by atoms with E-state index in [1.54, 1.807) is 0 Å². The first-order chi connectivity index (χ1) is 15.4. The summed E-state index contributed by atoms with van der Waals surface area (Å²) in [6, 6.07) is 42.4. The number of nitrogens with zero attached hydrogens (tertiary/aromatic N) is 1. The molecule has 31 heavy (non-hydrogen) atoms. The minimum absolute atomic E-state index is 0.0116. The fraction of sp³-hybridized carbons (Fsp3) is 0.103. The maximum Gasteiger partial charge on any atom is 0.122 e. The van der Waals surface area contributed by atoms with Crippen LogP contribution in [0.25, 0.3) is 0 Å². The van der Waals surface area contributed by atoms with Crippen LogP contribution in [0.1, 0.15) is 28.8 Å². The molecule has 1 aliphatic heterocycles. The highest BCUT2D eigenvalue weighted by Crippen LogP contribution is 2.46. The van der Waals surface area contributed by atoms with Gasteiger partial charge in [0.05, 0.1) is 6.04 Å². The zero-order chi connectivity index (χ0) is 20.9. The van der Waals surface area contributed by atoms with Crippen LogP contribution in [-0.4, -0.2) is 0 Å². The molecule has 4 aromatic carbocycles. The molecule has 0 unspecified atom stereocenters. The van der Waals surface area contributed by atoms with Crippen molar-refractivity contribution >= 4 is 5.69 Å². The summed E-state index contributed by atoms with van der Waals surface area (Å²) in [4.78, 5) is 2.46. The van der Waals surface area contributed by atoms with Gasteiger partial charge in [0.15, 0.2) is 0 Å². The van der Waals surface area contributed by atoms with Gasteiger partial charge in [-0.1, -0.05) is 109 Å². The van der Waals surface area contributed by atoms with Crippen LogP contribution in [0.2, 0.25) is 0 Å². The Kier molecular flexibility index (Phi) is 5.53. The molecule has 2 nitrogen and oxygen atoms in total. The Labute approximate surface area is 184 Å². The Bertz CT molecular complexity index is 1120. The lowest BCUT2D eigenvalue weighted by atomic mass is 10.0. The van der Waals surface area contributed by atoms with Crippen molar-refractivity contribution in [2.75, 3.05) is 4.90 Å². The molecule has 0 saturated carbocycles. The predicted molar refractivity (Wildman–Crippen MR) is 127 cm³/mol. The second-order valence-corrected chi connectivity index (χ2v) is 7.75. The number of hydrogen-bond acceptors (Lipinski definition) is 2. The fourth-order valence-corrected chi connectivity index (χ4v) is 4.27. The van der Waals surface area contributed by atoms with Crippen LogP contribution in [0.15, 0.2) is 133 Å². The minimum atomic E-state index is 0.0116. The average Bonchev–Trinajstić information content (AvgIpc) is 3.24. The van der Waals surface area contributed by atoms with Crippen molar-refractivity contribution in [3.63, 3.8) is 0 Å². The molecule has 152 valence electrons. The third-order valence-corrected chi connectivity index (χ3v) is 5.73. The van der Waals surface area contributed by atoms with E-state index in [9.17, 15) is 0 Å². The zero-order valence-corrected chi connectivity index (χ0v) is 17.3. The maximum atomic E-state index is 6.48. The molecule has 1 aliphatic rings. The Morgan fingerprint density at radius 3 is 1.71 bits per heavy atom. The van der Waals surface area contributed by atoms with Crippen molar-refractivity contribution in [3.05, 3.63) is 150 Å². The molecule has 0 aliphatic carbocycles. The van der Waals surface area contributed by atoms with Crippen LogP contribution < -0.4 is 4.90 Å². The second-order valence-electron chi connectivity index (χ2n) is 7.75. The molecule has 2 atom stereocenters. The van der Waals surface area contributed by atoms with Crippen LogP contribution in [0.5, 0.6) is 0 Å². The fourth-order valence-electron chi connectivity index (χ4n) is 4.27. The highest BCUT2D eigenvalue weighted by atomic mass is 16.5. The van der Waals surface area contributed by atoms with E-state index in [1.165, 1.54) is 22.4 Å². The van der Waals surface area contributed by atoms with Crippen molar-refractivity contribution in [2.45, 2.75) is 18.7 Å². The van der Waals surface area contributed by atoms with Gasteiger partial charge in [-0.2, -0.15) is 0 Å². The highest BCUT2D eigenvalue weighted by Gasteiger charge is 2.38. The molecule has 0 fully saturated rings. The molecule has 1 heterocycles. The number of anilines is 1. The van der Waals surface area contributed by atoms with Crippen LogP contribution in [0.3, 0.4) is 0 Å². The van der Waals surface area contributed by atoms with Crippen molar-refractivity contribution in [2.24, 2.45) is 0 Å². The lowest BCUT2D eigenvalue weighted by molar-refractivity contribution is 0.184. The van der Waals surface area contributed by atoms with E-state index in [1.807, 2.05) is 6.07 Å². The minimum Gasteiger partial charge on any atom is -0.491 e. The third-order valence-electron chi connectivity index (χ3n) is 5.73. The predicted octanol–water partition coefficient (Wildman–Crippen LogP) is 7.09. The van der Waals surface area contributed by atoms with Gasteiger partial charge in [0, 0.05) is 5.69 Å². The molecular formula is C29H25NO.